The first-order chi connectivity index (χ1) is 7.81. The van der Waals surface area contributed by atoms with Gasteiger partial charge < -0.3 is 0 Å². The molecule has 0 bridgehead atoms. The molecule has 2 rings (SSSR count). The van der Waals surface area contributed by atoms with Crippen molar-refractivity contribution >= 4 is 5.69 Å². The molecule has 0 aliphatic rings. The van der Waals surface area contributed by atoms with Gasteiger partial charge in [0.1, 0.15) is 5.82 Å². The van der Waals surface area contributed by atoms with Crippen molar-refractivity contribution in [2.45, 2.75) is 0 Å². The lowest BCUT2D eigenvalue weighted by molar-refractivity contribution is 0.628. The third-order valence-electron chi connectivity index (χ3n) is 2.21. The summed E-state index contributed by atoms with van der Waals surface area (Å²) in [4.78, 5) is 2.76. The summed E-state index contributed by atoms with van der Waals surface area (Å²) < 4.78 is 12.8. The zero-order chi connectivity index (χ0) is 11.4. The average Bonchev–Trinajstić information content (AvgIpc) is 2.32. The van der Waals surface area contributed by atoms with Gasteiger partial charge in [-0.05, 0) is 28.8 Å². The van der Waals surface area contributed by atoms with Crippen molar-refractivity contribution < 1.29 is 4.39 Å². The van der Waals surface area contributed by atoms with Gasteiger partial charge in [-0.15, -0.1) is 0 Å². The molecule has 0 heterocycles. The molecule has 0 saturated heterocycles. The molecule has 0 aromatic heterocycles. The number of halogens is 1. The molecule has 0 fully saturated rings. The van der Waals surface area contributed by atoms with Crippen LogP contribution in [0.15, 0.2) is 53.6 Å². The first-order valence-electron chi connectivity index (χ1n) is 4.71. The largest absolute Gasteiger partial charge is 0.207 e. The smallest absolute Gasteiger partial charge is 0.123 e. The van der Waals surface area contributed by atoms with Gasteiger partial charge in [0.2, 0.25) is 0 Å². The summed E-state index contributed by atoms with van der Waals surface area (Å²) in [6, 6.07) is 13.2. The van der Waals surface area contributed by atoms with Crippen LogP contribution in [0.5, 0.6) is 0 Å². The van der Waals surface area contributed by atoms with Crippen LogP contribution in [0.4, 0.5) is 10.1 Å². The molecular weight excluding hydrogens is 205 g/mol. The molecular formula is C12H8FN3. The van der Waals surface area contributed by atoms with Crippen molar-refractivity contribution in [2.24, 2.45) is 5.11 Å². The summed E-state index contributed by atoms with van der Waals surface area (Å²) in [5.74, 6) is -0.287. The minimum atomic E-state index is -0.287. The Kier molecular flexibility index (Phi) is 2.85. The summed E-state index contributed by atoms with van der Waals surface area (Å²) in [5.41, 5.74) is 10.6. The third kappa shape index (κ3) is 2.02. The molecule has 4 heteroatoms. The second kappa shape index (κ2) is 4.47. The van der Waals surface area contributed by atoms with Gasteiger partial charge in [-0.25, -0.2) is 4.39 Å². The molecule has 0 amide bonds. The van der Waals surface area contributed by atoms with Crippen LogP contribution in [0.1, 0.15) is 0 Å². The average molecular weight is 213 g/mol. The summed E-state index contributed by atoms with van der Waals surface area (Å²) in [6.45, 7) is 0. The van der Waals surface area contributed by atoms with Gasteiger partial charge in [-0.2, -0.15) is 0 Å². The maximum absolute atomic E-state index is 12.8. The number of azide groups is 1. The number of hydrogen-bond donors (Lipinski definition) is 0. The zero-order valence-corrected chi connectivity index (χ0v) is 8.34. The van der Waals surface area contributed by atoms with E-state index in [9.17, 15) is 4.39 Å². The zero-order valence-electron chi connectivity index (χ0n) is 8.34. The third-order valence-corrected chi connectivity index (χ3v) is 2.21. The molecule has 0 radical (unpaired) electrons. The Hall–Kier alpha value is -2.32. The van der Waals surface area contributed by atoms with Crippen molar-refractivity contribution in [3.05, 3.63) is 64.8 Å². The highest BCUT2D eigenvalue weighted by Gasteiger charge is 2.02. The molecule has 0 saturated carbocycles. The monoisotopic (exact) mass is 213 g/mol. The number of nitrogens with zero attached hydrogens (tertiary/aromatic N) is 3. The summed E-state index contributed by atoms with van der Waals surface area (Å²) in [6.07, 6.45) is 0. The van der Waals surface area contributed by atoms with Crippen LogP contribution in [-0.4, -0.2) is 0 Å². The predicted molar refractivity (Wildman–Crippen MR) is 60.6 cm³/mol. The number of hydrogen-bond acceptors (Lipinski definition) is 1. The molecule has 2 aromatic rings. The SMILES string of the molecule is [N-]=[N+]=Nc1ccccc1-c1ccc(F)cc1. The lowest BCUT2D eigenvalue weighted by Crippen LogP contribution is -1.79. The second-order valence-corrected chi connectivity index (χ2v) is 3.21. The Morgan fingerprint density at radius 3 is 2.38 bits per heavy atom. The van der Waals surface area contributed by atoms with Gasteiger partial charge in [0.05, 0.1) is 0 Å². The van der Waals surface area contributed by atoms with Gasteiger partial charge in [-0.1, -0.05) is 41.5 Å². The lowest BCUT2D eigenvalue weighted by atomic mass is 10.0. The Labute approximate surface area is 91.8 Å². The van der Waals surface area contributed by atoms with Gasteiger partial charge in [-0.3, -0.25) is 0 Å². The standard InChI is InChI=1S/C12H8FN3/c13-10-7-5-9(6-8-10)11-3-1-2-4-12(11)15-16-14/h1-8H. The van der Waals surface area contributed by atoms with Crippen LogP contribution in [0, 0.1) is 5.82 Å². The Bertz CT molecular complexity index is 542. The normalized spacial score (nSPS) is 9.56. The Balaban J connectivity index is 2.55. The summed E-state index contributed by atoms with van der Waals surface area (Å²) in [5, 5.41) is 3.59. The van der Waals surface area contributed by atoms with Gasteiger partial charge in [0.15, 0.2) is 0 Å². The van der Waals surface area contributed by atoms with E-state index in [1.807, 2.05) is 12.1 Å². The lowest BCUT2D eigenvalue weighted by Gasteiger charge is -2.04. The fourth-order valence-electron chi connectivity index (χ4n) is 1.48. The minimum absolute atomic E-state index is 0.287. The van der Waals surface area contributed by atoms with E-state index in [-0.39, 0.29) is 5.82 Å². The first kappa shape index (κ1) is 10.2. The maximum atomic E-state index is 12.8. The van der Waals surface area contributed by atoms with Gasteiger partial charge in [0.25, 0.3) is 0 Å². The maximum Gasteiger partial charge on any atom is 0.123 e. The van der Waals surface area contributed by atoms with E-state index in [1.165, 1.54) is 12.1 Å². The number of rotatable bonds is 2. The van der Waals surface area contributed by atoms with Crippen LogP contribution >= 0.6 is 0 Å². The van der Waals surface area contributed by atoms with Crippen LogP contribution in [-0.2, 0) is 0 Å². The van der Waals surface area contributed by atoms with E-state index in [0.717, 1.165) is 11.1 Å². The highest BCUT2D eigenvalue weighted by atomic mass is 19.1. The molecule has 0 spiro atoms. The van der Waals surface area contributed by atoms with Crippen LogP contribution in [0.3, 0.4) is 0 Å². The topological polar surface area (TPSA) is 48.8 Å². The molecule has 16 heavy (non-hydrogen) atoms. The molecule has 78 valence electrons. The van der Waals surface area contributed by atoms with E-state index in [2.05, 4.69) is 10.0 Å². The highest BCUT2D eigenvalue weighted by molar-refractivity contribution is 5.75. The van der Waals surface area contributed by atoms with Crippen LogP contribution < -0.4 is 0 Å². The van der Waals surface area contributed by atoms with Crippen molar-refractivity contribution in [3.63, 3.8) is 0 Å². The molecule has 0 unspecified atom stereocenters. The molecule has 2 aromatic carbocycles. The molecule has 0 atom stereocenters. The van der Waals surface area contributed by atoms with Crippen LogP contribution in [0.25, 0.3) is 21.6 Å². The van der Waals surface area contributed by atoms with Crippen molar-refractivity contribution in [1.29, 1.82) is 0 Å². The fraction of sp³-hybridized carbons (Fsp3) is 0. The molecule has 0 N–H and O–H groups in total. The molecule has 3 nitrogen and oxygen atoms in total. The van der Waals surface area contributed by atoms with E-state index < -0.39 is 0 Å². The second-order valence-electron chi connectivity index (χ2n) is 3.21. The predicted octanol–water partition coefficient (Wildman–Crippen LogP) is 4.43. The van der Waals surface area contributed by atoms with Crippen molar-refractivity contribution in [1.82, 2.24) is 0 Å². The summed E-state index contributed by atoms with van der Waals surface area (Å²) in [7, 11) is 0. The quantitative estimate of drug-likeness (QED) is 0.402. The van der Waals surface area contributed by atoms with Crippen molar-refractivity contribution in [2.75, 3.05) is 0 Å². The van der Waals surface area contributed by atoms with Gasteiger partial charge >= 0.3 is 0 Å². The van der Waals surface area contributed by atoms with E-state index in [1.54, 1.807) is 24.3 Å². The van der Waals surface area contributed by atoms with E-state index in [0.29, 0.717) is 5.69 Å². The minimum Gasteiger partial charge on any atom is -0.207 e. The fourth-order valence-corrected chi connectivity index (χ4v) is 1.48. The highest BCUT2D eigenvalue weighted by Crippen LogP contribution is 2.29. The Morgan fingerprint density at radius 2 is 1.69 bits per heavy atom. The molecule has 0 aliphatic heterocycles. The van der Waals surface area contributed by atoms with Crippen molar-refractivity contribution in [3.8, 4) is 11.1 Å². The summed E-state index contributed by atoms with van der Waals surface area (Å²) >= 11 is 0. The van der Waals surface area contributed by atoms with Crippen LogP contribution in [0.2, 0.25) is 0 Å². The van der Waals surface area contributed by atoms with E-state index >= 15 is 0 Å². The number of benzene rings is 2. The Morgan fingerprint density at radius 1 is 1.00 bits per heavy atom. The van der Waals surface area contributed by atoms with E-state index in [4.69, 9.17) is 5.53 Å². The van der Waals surface area contributed by atoms with Gasteiger partial charge in [0, 0.05) is 10.6 Å². The first-order valence-corrected chi connectivity index (χ1v) is 4.71. The molecule has 0 aliphatic carbocycles.